The minimum absolute atomic E-state index is 0.315. The number of carbonyl (C=O) groups is 2. The highest BCUT2D eigenvalue weighted by atomic mass is 16.4. The summed E-state index contributed by atoms with van der Waals surface area (Å²) in [7, 11) is 0. The summed E-state index contributed by atoms with van der Waals surface area (Å²) in [5, 5.41) is 13.1. The predicted molar refractivity (Wildman–Crippen MR) is 79.2 cm³/mol. The van der Waals surface area contributed by atoms with E-state index in [9.17, 15) is 14.7 Å². The maximum atomic E-state index is 12.5. The number of H-pyrrole nitrogens is 1. The molecule has 0 aliphatic heterocycles. The first-order chi connectivity index (χ1) is 10.1. The molecular formula is C16H18N2O3. The second-order valence-electron chi connectivity index (χ2n) is 5.65. The standard InChI is InChI=1S/C16H18N2O3/c19-14(12-5-4-6-13-11(12)7-10-17-13)18-16(15(20)21)8-2-1-3-9-16/h4-7,10,17H,1-3,8-9H2,(H,18,19)(H,20,21). The van der Waals surface area contributed by atoms with E-state index in [0.29, 0.717) is 18.4 Å². The Balaban J connectivity index is 1.91. The first-order valence-corrected chi connectivity index (χ1v) is 7.24. The molecule has 0 saturated heterocycles. The number of carboxylic acids is 1. The summed E-state index contributed by atoms with van der Waals surface area (Å²) in [4.78, 5) is 27.2. The van der Waals surface area contributed by atoms with Gasteiger partial charge < -0.3 is 15.4 Å². The number of hydrogen-bond donors (Lipinski definition) is 3. The molecule has 21 heavy (non-hydrogen) atoms. The third-order valence-electron chi connectivity index (χ3n) is 4.31. The van der Waals surface area contributed by atoms with Crippen LogP contribution in [-0.2, 0) is 4.79 Å². The van der Waals surface area contributed by atoms with Crippen LogP contribution in [0, 0.1) is 0 Å². The Morgan fingerprint density at radius 3 is 2.62 bits per heavy atom. The normalized spacial score (nSPS) is 17.5. The molecule has 1 aromatic carbocycles. The molecule has 1 fully saturated rings. The number of carboxylic acid groups (broad SMARTS) is 1. The van der Waals surface area contributed by atoms with Crippen LogP contribution in [0.1, 0.15) is 42.5 Å². The molecule has 0 bridgehead atoms. The molecule has 5 heteroatoms. The number of aromatic amines is 1. The Bertz CT molecular complexity index is 684. The van der Waals surface area contributed by atoms with Crippen LogP contribution in [0.25, 0.3) is 10.9 Å². The molecule has 1 aliphatic carbocycles. The summed E-state index contributed by atoms with van der Waals surface area (Å²) in [6.07, 6.45) is 5.46. The fraction of sp³-hybridized carbons (Fsp3) is 0.375. The lowest BCUT2D eigenvalue weighted by molar-refractivity contribution is -0.145. The smallest absolute Gasteiger partial charge is 0.329 e. The Morgan fingerprint density at radius 1 is 1.14 bits per heavy atom. The molecule has 0 radical (unpaired) electrons. The fourth-order valence-electron chi connectivity index (χ4n) is 3.12. The molecule has 0 unspecified atom stereocenters. The summed E-state index contributed by atoms with van der Waals surface area (Å²) in [5.74, 6) is -1.25. The van der Waals surface area contributed by atoms with E-state index >= 15 is 0 Å². The van der Waals surface area contributed by atoms with Crippen LogP contribution in [0.5, 0.6) is 0 Å². The van der Waals surface area contributed by atoms with Gasteiger partial charge in [-0.3, -0.25) is 4.79 Å². The van der Waals surface area contributed by atoms with Crippen LogP contribution in [0.2, 0.25) is 0 Å². The molecular weight excluding hydrogens is 268 g/mol. The highest BCUT2D eigenvalue weighted by Gasteiger charge is 2.41. The maximum Gasteiger partial charge on any atom is 0.329 e. The number of rotatable bonds is 3. The van der Waals surface area contributed by atoms with Gasteiger partial charge in [-0.05, 0) is 31.0 Å². The zero-order chi connectivity index (χ0) is 14.9. The van der Waals surface area contributed by atoms with Crippen LogP contribution < -0.4 is 5.32 Å². The Hall–Kier alpha value is -2.30. The van der Waals surface area contributed by atoms with Crippen molar-refractivity contribution in [3.8, 4) is 0 Å². The molecule has 1 saturated carbocycles. The average molecular weight is 286 g/mol. The first kappa shape index (κ1) is 13.7. The Labute approximate surface area is 122 Å². The SMILES string of the molecule is O=C(NC1(C(=O)O)CCCCC1)c1cccc2[nH]ccc12. The Morgan fingerprint density at radius 2 is 1.90 bits per heavy atom. The van der Waals surface area contributed by atoms with Gasteiger partial charge in [0.1, 0.15) is 5.54 Å². The van der Waals surface area contributed by atoms with Crippen LogP contribution in [0.15, 0.2) is 30.5 Å². The molecule has 0 spiro atoms. The van der Waals surface area contributed by atoms with Gasteiger partial charge in [0.25, 0.3) is 5.91 Å². The van der Waals surface area contributed by atoms with E-state index in [2.05, 4.69) is 10.3 Å². The molecule has 3 rings (SSSR count). The zero-order valence-corrected chi connectivity index (χ0v) is 11.7. The molecule has 1 amide bonds. The number of hydrogen-bond acceptors (Lipinski definition) is 2. The molecule has 110 valence electrons. The minimum atomic E-state index is -1.12. The lowest BCUT2D eigenvalue weighted by atomic mass is 9.81. The van der Waals surface area contributed by atoms with Gasteiger partial charge in [-0.25, -0.2) is 4.79 Å². The number of benzene rings is 1. The number of amides is 1. The van der Waals surface area contributed by atoms with E-state index in [1.165, 1.54) is 0 Å². The molecule has 3 N–H and O–H groups in total. The number of nitrogens with one attached hydrogen (secondary N) is 2. The first-order valence-electron chi connectivity index (χ1n) is 7.24. The lowest BCUT2D eigenvalue weighted by Crippen LogP contribution is -2.55. The van der Waals surface area contributed by atoms with Crippen LogP contribution in [0.4, 0.5) is 0 Å². The molecule has 1 aliphatic rings. The zero-order valence-electron chi connectivity index (χ0n) is 11.7. The summed E-state index contributed by atoms with van der Waals surface area (Å²) in [6, 6.07) is 7.24. The van der Waals surface area contributed by atoms with Gasteiger partial charge in [0, 0.05) is 22.7 Å². The summed E-state index contributed by atoms with van der Waals surface area (Å²) >= 11 is 0. The third kappa shape index (κ3) is 2.39. The van der Waals surface area contributed by atoms with Gasteiger partial charge in [-0.15, -0.1) is 0 Å². The van der Waals surface area contributed by atoms with Crippen LogP contribution in [0.3, 0.4) is 0 Å². The van der Waals surface area contributed by atoms with Crippen molar-refractivity contribution in [3.63, 3.8) is 0 Å². The number of aromatic nitrogens is 1. The lowest BCUT2D eigenvalue weighted by Gasteiger charge is -2.34. The van der Waals surface area contributed by atoms with Crippen molar-refractivity contribution in [3.05, 3.63) is 36.0 Å². The fourth-order valence-corrected chi connectivity index (χ4v) is 3.12. The van der Waals surface area contributed by atoms with Gasteiger partial charge in [0.05, 0.1) is 0 Å². The predicted octanol–water partition coefficient (Wildman–Crippen LogP) is 2.69. The number of aliphatic carboxylic acids is 1. The molecule has 1 heterocycles. The monoisotopic (exact) mass is 286 g/mol. The molecule has 2 aromatic rings. The van der Waals surface area contributed by atoms with Gasteiger partial charge >= 0.3 is 5.97 Å². The van der Waals surface area contributed by atoms with E-state index < -0.39 is 11.5 Å². The summed E-state index contributed by atoms with van der Waals surface area (Å²) in [5.41, 5.74) is 0.268. The van der Waals surface area contributed by atoms with Crippen molar-refractivity contribution < 1.29 is 14.7 Å². The van der Waals surface area contributed by atoms with E-state index in [4.69, 9.17) is 0 Å². The minimum Gasteiger partial charge on any atom is -0.480 e. The van der Waals surface area contributed by atoms with Gasteiger partial charge in [-0.1, -0.05) is 25.3 Å². The van der Waals surface area contributed by atoms with Crippen molar-refractivity contribution in [2.24, 2.45) is 0 Å². The van der Waals surface area contributed by atoms with Crippen molar-refractivity contribution in [2.45, 2.75) is 37.6 Å². The van der Waals surface area contributed by atoms with Crippen LogP contribution >= 0.6 is 0 Å². The van der Waals surface area contributed by atoms with Crippen molar-refractivity contribution in [1.82, 2.24) is 10.3 Å². The van der Waals surface area contributed by atoms with Crippen LogP contribution in [-0.4, -0.2) is 27.5 Å². The molecule has 5 nitrogen and oxygen atoms in total. The second-order valence-corrected chi connectivity index (χ2v) is 5.65. The van der Waals surface area contributed by atoms with E-state index in [-0.39, 0.29) is 5.91 Å². The van der Waals surface area contributed by atoms with Crippen molar-refractivity contribution in [1.29, 1.82) is 0 Å². The van der Waals surface area contributed by atoms with Gasteiger partial charge in [-0.2, -0.15) is 0 Å². The average Bonchev–Trinajstić information content (AvgIpc) is 2.96. The topological polar surface area (TPSA) is 82.2 Å². The van der Waals surface area contributed by atoms with Crippen molar-refractivity contribution >= 4 is 22.8 Å². The highest BCUT2D eigenvalue weighted by Crippen LogP contribution is 2.29. The van der Waals surface area contributed by atoms with E-state index in [1.807, 2.05) is 12.1 Å². The highest BCUT2D eigenvalue weighted by molar-refractivity contribution is 6.07. The Kier molecular flexibility index (Phi) is 3.41. The largest absolute Gasteiger partial charge is 0.480 e. The summed E-state index contributed by atoms with van der Waals surface area (Å²) < 4.78 is 0. The molecule has 1 aromatic heterocycles. The van der Waals surface area contributed by atoms with Crippen molar-refractivity contribution in [2.75, 3.05) is 0 Å². The second kappa shape index (κ2) is 5.24. The van der Waals surface area contributed by atoms with Gasteiger partial charge in [0.15, 0.2) is 0 Å². The maximum absolute atomic E-state index is 12.5. The molecule has 0 atom stereocenters. The van der Waals surface area contributed by atoms with E-state index in [0.717, 1.165) is 30.2 Å². The third-order valence-corrected chi connectivity index (χ3v) is 4.31. The number of carbonyl (C=O) groups excluding carboxylic acids is 1. The quantitative estimate of drug-likeness (QED) is 0.811. The number of fused-ring (bicyclic) bond motifs is 1. The summed E-state index contributed by atoms with van der Waals surface area (Å²) in [6.45, 7) is 0. The van der Waals surface area contributed by atoms with E-state index in [1.54, 1.807) is 18.3 Å². The van der Waals surface area contributed by atoms with Gasteiger partial charge in [0.2, 0.25) is 0 Å².